The van der Waals surface area contributed by atoms with Crippen molar-refractivity contribution in [3.05, 3.63) is 24.3 Å². The van der Waals surface area contributed by atoms with Crippen molar-refractivity contribution in [2.45, 2.75) is 206 Å². The van der Waals surface area contributed by atoms with Gasteiger partial charge in [-0.2, -0.15) is 13.1 Å². The van der Waals surface area contributed by atoms with Crippen molar-refractivity contribution in [1.82, 2.24) is 9.62 Å². The molecule has 1 unspecified atom stereocenters. The third kappa shape index (κ3) is 38.1. The number of esters is 2. The van der Waals surface area contributed by atoms with Gasteiger partial charge < -0.3 is 19.7 Å². The molecule has 57 heavy (non-hydrogen) atoms. The van der Waals surface area contributed by atoms with Gasteiger partial charge in [-0.25, -0.2) is 0 Å². The van der Waals surface area contributed by atoms with E-state index in [4.69, 9.17) is 9.47 Å². The average Bonchev–Trinajstić information content (AvgIpc) is 3.18. The number of nitrogens with zero attached hydrogens (tertiary/aromatic N) is 1. The fourth-order valence-electron chi connectivity index (χ4n) is 6.79. The summed E-state index contributed by atoms with van der Waals surface area (Å²) in [5, 5.41) is 19.0. The summed E-state index contributed by atoms with van der Waals surface area (Å²) in [4.78, 5) is 27.8. The maximum atomic E-state index is 13.2. The van der Waals surface area contributed by atoms with E-state index in [0.717, 1.165) is 77.0 Å². The first kappa shape index (κ1) is 55.2. The lowest BCUT2D eigenvalue weighted by molar-refractivity contribution is -0.174. The molecule has 0 saturated carbocycles. The minimum Gasteiger partial charge on any atom is -0.461 e. The summed E-state index contributed by atoms with van der Waals surface area (Å²) < 4.78 is 46.6. The Balaban J connectivity index is 4.90. The summed E-state index contributed by atoms with van der Waals surface area (Å²) in [6, 6.07) is 0. The molecule has 0 aliphatic heterocycles. The molecule has 0 aromatic heterocycles. The number of aliphatic hydroxyl groups excluding tert-OH is 2. The topological polar surface area (TPSA) is 163 Å². The number of allylic oxidation sites excluding steroid dienone is 4. The first-order chi connectivity index (χ1) is 27.6. The Morgan fingerprint density at radius 2 is 0.965 bits per heavy atom. The molecule has 0 aliphatic rings. The molecule has 0 aromatic rings. The quantitative estimate of drug-likeness (QED) is 0.0201. The summed E-state index contributed by atoms with van der Waals surface area (Å²) >= 11 is 0. The standard InChI is InChI=1S/C45H86N2O9S/c1-3-5-7-9-11-13-15-17-19-21-23-25-27-29-31-33-43(50)55-42-45(41-46-57(52,53)54,35-36-47(37-39-48)38-40-49)56-44(51)34-32-30-28-26-24-22-20-18-16-14-12-10-8-6-4-2/h17-20,46,48-49H,3-16,21-42H2,1-2H3,(H,52,53,54). The van der Waals surface area contributed by atoms with Crippen LogP contribution in [0.3, 0.4) is 0 Å². The normalized spacial score (nSPS) is 13.2. The van der Waals surface area contributed by atoms with E-state index in [9.17, 15) is 32.8 Å². The van der Waals surface area contributed by atoms with Crippen molar-refractivity contribution >= 4 is 22.2 Å². The molecule has 0 bridgehead atoms. The Labute approximate surface area is 349 Å². The Morgan fingerprint density at radius 1 is 0.579 bits per heavy atom. The third-order valence-electron chi connectivity index (χ3n) is 10.4. The molecule has 0 heterocycles. The average molecular weight is 831 g/mol. The number of unbranched alkanes of at least 4 members (excludes halogenated alkanes) is 22. The molecular weight excluding hydrogens is 745 g/mol. The smallest absolute Gasteiger partial charge is 0.333 e. The van der Waals surface area contributed by atoms with E-state index >= 15 is 0 Å². The lowest BCUT2D eigenvalue weighted by Gasteiger charge is -2.35. The van der Waals surface area contributed by atoms with Crippen LogP contribution in [-0.2, 0) is 29.4 Å². The van der Waals surface area contributed by atoms with Gasteiger partial charge in [0.05, 0.1) is 19.8 Å². The van der Waals surface area contributed by atoms with E-state index in [1.165, 1.54) is 77.0 Å². The Kier molecular flexibility index (Phi) is 38.3. The molecule has 0 radical (unpaired) electrons. The van der Waals surface area contributed by atoms with Crippen molar-refractivity contribution in [2.24, 2.45) is 0 Å². The monoisotopic (exact) mass is 831 g/mol. The van der Waals surface area contributed by atoms with Crippen LogP contribution in [0.15, 0.2) is 24.3 Å². The van der Waals surface area contributed by atoms with Gasteiger partial charge >= 0.3 is 22.2 Å². The van der Waals surface area contributed by atoms with Crippen molar-refractivity contribution < 1.29 is 42.2 Å². The molecule has 4 N–H and O–H groups in total. The van der Waals surface area contributed by atoms with E-state index in [-0.39, 0.29) is 52.1 Å². The highest BCUT2D eigenvalue weighted by Gasteiger charge is 2.37. The Morgan fingerprint density at radius 3 is 1.37 bits per heavy atom. The van der Waals surface area contributed by atoms with Crippen LogP contribution in [0.1, 0.15) is 200 Å². The second-order valence-corrected chi connectivity index (χ2v) is 17.1. The molecule has 0 spiro atoms. The van der Waals surface area contributed by atoms with E-state index in [1.54, 1.807) is 4.90 Å². The van der Waals surface area contributed by atoms with Crippen molar-refractivity contribution in [1.29, 1.82) is 0 Å². The highest BCUT2D eigenvalue weighted by Crippen LogP contribution is 2.22. The first-order valence-corrected chi connectivity index (χ1v) is 24.4. The molecule has 0 aromatic carbocycles. The molecule has 0 saturated heterocycles. The molecule has 0 fully saturated rings. The second kappa shape index (κ2) is 39.6. The van der Waals surface area contributed by atoms with Crippen molar-refractivity contribution in [3.63, 3.8) is 0 Å². The van der Waals surface area contributed by atoms with Crippen LogP contribution in [-0.4, -0.2) is 91.6 Å². The van der Waals surface area contributed by atoms with Crippen LogP contribution in [0, 0.1) is 0 Å². The minimum atomic E-state index is -4.66. The number of hydrogen-bond acceptors (Lipinski definition) is 9. The number of rotatable bonds is 43. The Bertz CT molecular complexity index is 1100. The molecule has 0 aliphatic carbocycles. The summed E-state index contributed by atoms with van der Waals surface area (Å²) in [7, 11) is -4.66. The second-order valence-electron chi connectivity index (χ2n) is 15.8. The zero-order valence-electron chi connectivity index (χ0n) is 36.4. The zero-order valence-corrected chi connectivity index (χ0v) is 37.2. The molecule has 12 heteroatoms. The zero-order chi connectivity index (χ0) is 42.1. The summed E-state index contributed by atoms with van der Waals surface area (Å²) in [6.45, 7) is 3.92. The number of aliphatic hydroxyl groups is 2. The highest BCUT2D eigenvalue weighted by molar-refractivity contribution is 7.83. The number of ether oxygens (including phenoxy) is 2. The maximum absolute atomic E-state index is 13.2. The summed E-state index contributed by atoms with van der Waals surface area (Å²) in [5.74, 6) is -1.02. The van der Waals surface area contributed by atoms with Gasteiger partial charge in [0.15, 0.2) is 5.60 Å². The van der Waals surface area contributed by atoms with Gasteiger partial charge in [-0.15, -0.1) is 0 Å². The first-order valence-electron chi connectivity index (χ1n) is 22.9. The molecule has 11 nitrogen and oxygen atoms in total. The van der Waals surface area contributed by atoms with E-state index in [2.05, 4.69) is 38.2 Å². The number of hydrogen-bond donors (Lipinski definition) is 4. The molecule has 0 rings (SSSR count). The van der Waals surface area contributed by atoms with Gasteiger partial charge in [0, 0.05) is 38.9 Å². The fraction of sp³-hybridized carbons (Fsp3) is 0.867. The van der Waals surface area contributed by atoms with Gasteiger partial charge in [0.1, 0.15) is 6.61 Å². The molecule has 1 atom stereocenters. The largest absolute Gasteiger partial charge is 0.461 e. The fourth-order valence-corrected chi connectivity index (χ4v) is 7.23. The lowest BCUT2D eigenvalue weighted by atomic mass is 9.99. The van der Waals surface area contributed by atoms with E-state index < -0.39 is 41.0 Å². The van der Waals surface area contributed by atoms with Crippen LogP contribution >= 0.6 is 0 Å². The maximum Gasteiger partial charge on any atom is 0.333 e. The van der Waals surface area contributed by atoms with Crippen LogP contribution in [0.25, 0.3) is 0 Å². The molecule has 0 amide bonds. The molecular formula is C45H86N2O9S. The van der Waals surface area contributed by atoms with E-state index in [1.807, 2.05) is 4.72 Å². The van der Waals surface area contributed by atoms with Gasteiger partial charge in [-0.1, -0.05) is 141 Å². The predicted octanol–water partition coefficient (Wildman–Crippen LogP) is 9.96. The van der Waals surface area contributed by atoms with Crippen LogP contribution < -0.4 is 4.72 Å². The predicted molar refractivity (Wildman–Crippen MR) is 233 cm³/mol. The molecule has 336 valence electrons. The lowest BCUT2D eigenvalue weighted by Crippen LogP contribution is -2.52. The highest BCUT2D eigenvalue weighted by atomic mass is 32.2. The van der Waals surface area contributed by atoms with Crippen LogP contribution in [0.2, 0.25) is 0 Å². The summed E-state index contributed by atoms with van der Waals surface area (Å²) in [5.41, 5.74) is -1.60. The van der Waals surface area contributed by atoms with Crippen molar-refractivity contribution in [2.75, 3.05) is 46.0 Å². The van der Waals surface area contributed by atoms with Gasteiger partial charge in [0.25, 0.3) is 0 Å². The third-order valence-corrected chi connectivity index (χ3v) is 10.9. The van der Waals surface area contributed by atoms with Gasteiger partial charge in [0.2, 0.25) is 0 Å². The van der Waals surface area contributed by atoms with Crippen LogP contribution in [0.5, 0.6) is 0 Å². The van der Waals surface area contributed by atoms with Crippen molar-refractivity contribution in [3.8, 4) is 0 Å². The van der Waals surface area contributed by atoms with Crippen LogP contribution in [0.4, 0.5) is 0 Å². The Hall–Kier alpha value is -1.83. The number of carbonyl (C=O) groups is 2. The number of nitrogens with one attached hydrogen (secondary N) is 1. The summed E-state index contributed by atoms with van der Waals surface area (Å²) in [6.07, 6.45) is 39.0. The number of carbonyl (C=O) groups excluding carboxylic acids is 2. The van der Waals surface area contributed by atoms with Gasteiger partial charge in [-0.05, 0) is 64.2 Å². The minimum absolute atomic E-state index is 0.0360. The van der Waals surface area contributed by atoms with Gasteiger partial charge in [-0.3, -0.25) is 19.0 Å². The SMILES string of the molecule is CCCCCCCCC=CCCCCCCCC(=O)OCC(CCN(CCO)CCO)(CNS(=O)(=O)O)OC(=O)CCCCCCCC=CCCCCCCCC. The van der Waals surface area contributed by atoms with E-state index in [0.29, 0.717) is 12.8 Å².